The van der Waals surface area contributed by atoms with Crippen LogP contribution in [0.25, 0.3) is 0 Å². The Balaban J connectivity index is 1.96. The summed E-state index contributed by atoms with van der Waals surface area (Å²) in [6.45, 7) is 5.15. The Morgan fingerprint density at radius 1 is 1.08 bits per heavy atom. The van der Waals surface area contributed by atoms with Gasteiger partial charge in [-0.25, -0.2) is 0 Å². The van der Waals surface area contributed by atoms with Crippen LogP contribution in [0.15, 0.2) is 48.5 Å². The predicted octanol–water partition coefficient (Wildman–Crippen LogP) is 4.39. The molecule has 0 saturated carbocycles. The maximum absolute atomic E-state index is 12.4. The van der Waals surface area contributed by atoms with Gasteiger partial charge in [0.2, 0.25) is 0 Å². The zero-order valence-corrected chi connectivity index (χ0v) is 15.9. The van der Waals surface area contributed by atoms with Gasteiger partial charge in [-0.05, 0) is 49.8 Å². The molecule has 6 heteroatoms. The molecule has 0 aromatic heterocycles. The second-order valence-electron chi connectivity index (χ2n) is 5.57. The number of ether oxygens (including phenoxy) is 2. The first-order valence-corrected chi connectivity index (χ1v) is 9.12. The Bertz CT molecular complexity index is 749. The van der Waals surface area contributed by atoms with Gasteiger partial charge in [0.15, 0.2) is 5.11 Å². The van der Waals surface area contributed by atoms with Crippen LogP contribution in [-0.4, -0.2) is 24.2 Å². The molecule has 0 spiro atoms. The van der Waals surface area contributed by atoms with Crippen LogP contribution >= 0.6 is 12.2 Å². The summed E-state index contributed by atoms with van der Waals surface area (Å²) in [5.74, 6) is 0.975. The van der Waals surface area contributed by atoms with Crippen molar-refractivity contribution in [3.8, 4) is 11.5 Å². The van der Waals surface area contributed by atoms with Gasteiger partial charge in [-0.3, -0.25) is 10.1 Å². The third-order valence-electron chi connectivity index (χ3n) is 3.52. The fraction of sp³-hybridized carbons (Fsp3) is 0.300. The van der Waals surface area contributed by atoms with Crippen LogP contribution in [-0.2, 0) is 0 Å². The molecule has 0 bridgehead atoms. The van der Waals surface area contributed by atoms with Gasteiger partial charge in [-0.1, -0.05) is 31.5 Å². The molecule has 0 unspecified atom stereocenters. The second-order valence-corrected chi connectivity index (χ2v) is 5.98. The third kappa shape index (κ3) is 6.04. The van der Waals surface area contributed by atoms with Crippen LogP contribution in [0.4, 0.5) is 5.69 Å². The average molecular weight is 372 g/mol. The monoisotopic (exact) mass is 372 g/mol. The highest BCUT2D eigenvalue weighted by Crippen LogP contribution is 2.19. The van der Waals surface area contributed by atoms with Gasteiger partial charge in [0.1, 0.15) is 11.5 Å². The van der Waals surface area contributed by atoms with Gasteiger partial charge in [0.25, 0.3) is 5.91 Å². The summed E-state index contributed by atoms with van der Waals surface area (Å²) in [7, 11) is 0. The van der Waals surface area contributed by atoms with Crippen LogP contribution in [0.3, 0.4) is 0 Å². The molecule has 0 aliphatic rings. The van der Waals surface area contributed by atoms with E-state index < -0.39 is 0 Å². The van der Waals surface area contributed by atoms with E-state index in [2.05, 4.69) is 17.6 Å². The van der Waals surface area contributed by atoms with Crippen molar-refractivity contribution in [3.05, 3.63) is 54.1 Å². The summed E-state index contributed by atoms with van der Waals surface area (Å²) < 4.78 is 11.2. The van der Waals surface area contributed by atoms with E-state index in [4.69, 9.17) is 21.7 Å². The smallest absolute Gasteiger partial charge is 0.261 e. The maximum Gasteiger partial charge on any atom is 0.261 e. The number of carbonyl (C=O) groups is 1. The van der Waals surface area contributed by atoms with E-state index in [-0.39, 0.29) is 11.0 Å². The summed E-state index contributed by atoms with van der Waals surface area (Å²) in [5, 5.41) is 5.89. The highest BCUT2D eigenvalue weighted by atomic mass is 32.1. The minimum absolute atomic E-state index is 0.215. The molecule has 2 rings (SSSR count). The largest absolute Gasteiger partial charge is 0.494 e. The first-order chi connectivity index (χ1) is 12.6. The first kappa shape index (κ1) is 19.7. The van der Waals surface area contributed by atoms with Gasteiger partial charge in [0.05, 0.1) is 18.8 Å². The summed E-state index contributed by atoms with van der Waals surface area (Å²) >= 11 is 5.24. The highest BCUT2D eigenvalue weighted by molar-refractivity contribution is 7.80. The van der Waals surface area contributed by atoms with Crippen molar-refractivity contribution >= 4 is 28.9 Å². The summed E-state index contributed by atoms with van der Waals surface area (Å²) in [4.78, 5) is 12.4. The zero-order valence-electron chi connectivity index (χ0n) is 15.1. The normalized spacial score (nSPS) is 10.1. The number of hydrogen-bond donors (Lipinski definition) is 2. The molecule has 5 nitrogen and oxygen atoms in total. The molecule has 26 heavy (non-hydrogen) atoms. The molecule has 2 N–H and O–H groups in total. The summed E-state index contributed by atoms with van der Waals surface area (Å²) in [6.07, 6.45) is 2.09. The predicted molar refractivity (Wildman–Crippen MR) is 108 cm³/mol. The molecule has 2 aromatic carbocycles. The lowest BCUT2D eigenvalue weighted by Gasteiger charge is -2.13. The van der Waals surface area contributed by atoms with Crippen molar-refractivity contribution in [1.29, 1.82) is 0 Å². The minimum atomic E-state index is -0.318. The van der Waals surface area contributed by atoms with Crippen LogP contribution in [0.1, 0.15) is 37.0 Å². The fourth-order valence-corrected chi connectivity index (χ4v) is 2.48. The lowest BCUT2D eigenvalue weighted by atomic mass is 10.2. The molecule has 0 heterocycles. The van der Waals surface area contributed by atoms with Gasteiger partial charge in [0, 0.05) is 11.8 Å². The number of unbranched alkanes of at least 4 members (excludes halogenated alkanes) is 1. The number of benzene rings is 2. The number of nitrogens with one attached hydrogen (secondary N) is 2. The quantitative estimate of drug-likeness (QED) is 0.532. The molecule has 2 aromatic rings. The van der Waals surface area contributed by atoms with Crippen LogP contribution in [0.5, 0.6) is 11.5 Å². The molecular weight excluding hydrogens is 348 g/mol. The van der Waals surface area contributed by atoms with E-state index in [0.29, 0.717) is 24.5 Å². The van der Waals surface area contributed by atoms with Crippen molar-refractivity contribution < 1.29 is 14.3 Å². The molecule has 0 fully saturated rings. The SMILES string of the molecule is CCCCOc1cccc(NC(=S)NC(=O)c2ccccc2OCC)c1. The number of thiocarbonyl (C=S) groups is 1. The highest BCUT2D eigenvalue weighted by Gasteiger charge is 2.13. The molecule has 0 aliphatic carbocycles. The van der Waals surface area contributed by atoms with E-state index in [9.17, 15) is 4.79 Å². The molecule has 0 aliphatic heterocycles. The Kier molecular flexibility index (Phi) is 7.89. The van der Waals surface area contributed by atoms with E-state index in [1.54, 1.807) is 18.2 Å². The number of amides is 1. The van der Waals surface area contributed by atoms with E-state index in [1.807, 2.05) is 37.3 Å². The van der Waals surface area contributed by atoms with Crippen molar-refractivity contribution in [2.24, 2.45) is 0 Å². The summed E-state index contributed by atoms with van der Waals surface area (Å²) in [5.41, 5.74) is 1.19. The topological polar surface area (TPSA) is 59.6 Å². The lowest BCUT2D eigenvalue weighted by molar-refractivity contribution is 0.0974. The fourth-order valence-electron chi connectivity index (χ4n) is 2.27. The standard InChI is InChI=1S/C20H24N2O3S/c1-3-5-13-25-16-10-8-9-15(14-16)21-20(26)22-19(23)17-11-6-7-12-18(17)24-4-2/h6-12,14H,3-5,13H2,1-2H3,(H2,21,22,23,26). The van der Waals surface area contributed by atoms with Crippen LogP contribution in [0, 0.1) is 0 Å². The Labute approximate surface area is 159 Å². The summed E-state index contributed by atoms with van der Waals surface area (Å²) in [6, 6.07) is 14.5. The van der Waals surface area contributed by atoms with Crippen molar-refractivity contribution in [2.45, 2.75) is 26.7 Å². The van der Waals surface area contributed by atoms with Gasteiger partial charge >= 0.3 is 0 Å². The zero-order chi connectivity index (χ0) is 18.8. The first-order valence-electron chi connectivity index (χ1n) is 8.71. The molecule has 0 radical (unpaired) electrons. The van der Waals surface area contributed by atoms with Crippen LogP contribution < -0.4 is 20.1 Å². The number of carbonyl (C=O) groups excluding carboxylic acids is 1. The van der Waals surface area contributed by atoms with Gasteiger partial charge < -0.3 is 14.8 Å². The Morgan fingerprint density at radius 3 is 2.65 bits per heavy atom. The third-order valence-corrected chi connectivity index (χ3v) is 3.72. The molecule has 0 atom stereocenters. The number of rotatable bonds is 8. The van der Waals surface area contributed by atoms with E-state index in [1.165, 1.54) is 0 Å². The minimum Gasteiger partial charge on any atom is -0.494 e. The molecular formula is C20H24N2O3S. The van der Waals surface area contributed by atoms with Crippen molar-refractivity contribution in [3.63, 3.8) is 0 Å². The molecule has 0 saturated heterocycles. The maximum atomic E-state index is 12.4. The average Bonchev–Trinajstić information content (AvgIpc) is 2.63. The van der Waals surface area contributed by atoms with Gasteiger partial charge in [-0.2, -0.15) is 0 Å². The molecule has 138 valence electrons. The van der Waals surface area contributed by atoms with Crippen LogP contribution in [0.2, 0.25) is 0 Å². The van der Waals surface area contributed by atoms with Crippen molar-refractivity contribution in [2.75, 3.05) is 18.5 Å². The number of hydrogen-bond acceptors (Lipinski definition) is 4. The second kappa shape index (κ2) is 10.4. The number of para-hydroxylation sites is 1. The Hall–Kier alpha value is -2.60. The van der Waals surface area contributed by atoms with Crippen molar-refractivity contribution in [1.82, 2.24) is 5.32 Å². The van der Waals surface area contributed by atoms with E-state index >= 15 is 0 Å². The Morgan fingerprint density at radius 2 is 1.88 bits per heavy atom. The number of anilines is 1. The molecule has 1 amide bonds. The van der Waals surface area contributed by atoms with Gasteiger partial charge in [-0.15, -0.1) is 0 Å². The van der Waals surface area contributed by atoms with E-state index in [0.717, 1.165) is 24.3 Å². The lowest BCUT2D eigenvalue weighted by Crippen LogP contribution is -2.34.